The molecule has 0 saturated heterocycles. The predicted molar refractivity (Wildman–Crippen MR) is 170 cm³/mol. The summed E-state index contributed by atoms with van der Waals surface area (Å²) < 4.78 is 11.5. The molecule has 0 N–H and O–H groups in total. The number of methoxy groups -OCH3 is 2. The summed E-state index contributed by atoms with van der Waals surface area (Å²) in [6.07, 6.45) is 0. The van der Waals surface area contributed by atoms with Gasteiger partial charge in [0.2, 0.25) is 0 Å². The van der Waals surface area contributed by atoms with Crippen molar-refractivity contribution in [2.24, 2.45) is 0 Å². The molecule has 5 aromatic rings. The first-order chi connectivity index (χ1) is 19.4. The number of ether oxygens (including phenoxy) is 2. The third-order valence-corrected chi connectivity index (χ3v) is 7.20. The van der Waals surface area contributed by atoms with Crippen molar-refractivity contribution in [2.75, 3.05) is 14.2 Å². The number of aromatic nitrogens is 2. The summed E-state index contributed by atoms with van der Waals surface area (Å²) in [7, 11) is 12.8. The Kier molecular flexibility index (Phi) is 9.53. The number of hydrogen-bond acceptors (Lipinski definition) is 4. The topological polar surface area (TPSA) is 44.2 Å². The molecule has 0 saturated carbocycles. The van der Waals surface area contributed by atoms with Gasteiger partial charge < -0.3 is 9.47 Å². The summed E-state index contributed by atoms with van der Waals surface area (Å²) in [4.78, 5) is 10.3. The van der Waals surface area contributed by atoms with Crippen LogP contribution < -0.4 is 9.47 Å². The summed E-state index contributed by atoms with van der Waals surface area (Å²) in [5, 5.41) is 2.10. The van der Waals surface area contributed by atoms with E-state index in [9.17, 15) is 0 Å². The number of fused-ring (bicyclic) bond motifs is 3. The van der Waals surface area contributed by atoms with Gasteiger partial charge in [-0.1, -0.05) is 77.9 Å². The SMILES string of the molecule is COc1ccc(C(C)(C)C)cc1-c1ccc2ccc3ccc(-c4cc(C(C)(C)C)ccc4OC)nc3c2n1.[Cl][Ni][Cl]. The van der Waals surface area contributed by atoms with E-state index in [0.717, 1.165) is 55.8 Å². The van der Waals surface area contributed by atoms with Gasteiger partial charge in [-0.05, 0) is 58.4 Å². The number of hydrogen-bond donors (Lipinski definition) is 0. The van der Waals surface area contributed by atoms with Crippen molar-refractivity contribution in [1.29, 1.82) is 0 Å². The molecule has 0 atom stereocenters. The number of rotatable bonds is 4. The van der Waals surface area contributed by atoms with Gasteiger partial charge in [-0.25, -0.2) is 9.97 Å². The molecule has 2 aromatic heterocycles. The van der Waals surface area contributed by atoms with E-state index >= 15 is 0 Å². The van der Waals surface area contributed by atoms with E-state index in [0.29, 0.717) is 12.7 Å². The first kappa shape index (κ1) is 31.1. The van der Waals surface area contributed by atoms with Crippen LogP contribution in [0.5, 0.6) is 11.5 Å². The first-order valence-corrected chi connectivity index (χ1v) is 16.0. The zero-order valence-electron chi connectivity index (χ0n) is 24.7. The Hall–Kier alpha value is -2.85. The number of halogens is 2. The van der Waals surface area contributed by atoms with Crippen molar-refractivity contribution in [1.82, 2.24) is 9.97 Å². The van der Waals surface area contributed by atoms with Crippen LogP contribution in [-0.4, -0.2) is 24.2 Å². The second-order valence-corrected chi connectivity index (χ2v) is 13.6. The van der Waals surface area contributed by atoms with Gasteiger partial charge in [0.15, 0.2) is 0 Å². The van der Waals surface area contributed by atoms with E-state index in [2.05, 4.69) is 102 Å². The van der Waals surface area contributed by atoms with Crippen molar-refractivity contribution in [3.05, 3.63) is 83.9 Å². The van der Waals surface area contributed by atoms with Crippen LogP contribution in [0.4, 0.5) is 0 Å². The van der Waals surface area contributed by atoms with Crippen LogP contribution in [0.1, 0.15) is 52.7 Å². The van der Waals surface area contributed by atoms with Crippen molar-refractivity contribution < 1.29 is 22.1 Å². The van der Waals surface area contributed by atoms with Crippen molar-refractivity contribution >= 4 is 42.2 Å². The summed E-state index contributed by atoms with van der Waals surface area (Å²) in [5.74, 6) is 1.62. The number of benzene rings is 3. The molecule has 0 aliphatic carbocycles. The molecule has 4 nitrogen and oxygen atoms in total. The zero-order valence-corrected chi connectivity index (χ0v) is 27.2. The molecule has 0 aliphatic rings. The second-order valence-electron chi connectivity index (χ2n) is 12.0. The second kappa shape index (κ2) is 12.6. The summed E-state index contributed by atoms with van der Waals surface area (Å²) >= 11 is 0.569. The summed E-state index contributed by atoms with van der Waals surface area (Å²) in [5.41, 5.74) is 7.94. The van der Waals surface area contributed by atoms with Gasteiger partial charge in [-0.15, -0.1) is 0 Å². The van der Waals surface area contributed by atoms with Crippen LogP contribution in [0, 0.1) is 0 Å². The van der Waals surface area contributed by atoms with Crippen LogP contribution >= 0.6 is 20.4 Å². The van der Waals surface area contributed by atoms with Gasteiger partial charge in [-0.2, -0.15) is 0 Å². The molecular weight excluding hydrogens is 598 g/mol. The molecule has 0 spiro atoms. The predicted octanol–water partition coefficient (Wildman–Crippen LogP) is 10.1. The Morgan fingerprint density at radius 3 is 1.22 bits per heavy atom. The van der Waals surface area contributed by atoms with Crippen LogP contribution in [0.3, 0.4) is 0 Å². The Labute approximate surface area is 257 Å². The Morgan fingerprint density at radius 1 is 0.561 bits per heavy atom. The standard InChI is InChI=1S/C34H36N2O2.2ClH.Ni/c1-33(2,3)23-13-17-29(37-7)25(19-23)27-15-11-21-9-10-22-12-16-28(36-32(22)31(21)35-27)26-20-24(34(4,5)6)14-18-30(26)38-8;;;/h9-20H,1-8H3;2*1H;/q;;;+2/p-2. The first-order valence-electron chi connectivity index (χ1n) is 13.3. The van der Waals surface area contributed by atoms with E-state index in [-0.39, 0.29) is 10.8 Å². The van der Waals surface area contributed by atoms with Gasteiger partial charge in [0.1, 0.15) is 11.5 Å². The summed E-state index contributed by atoms with van der Waals surface area (Å²) in [6.45, 7) is 13.3. The van der Waals surface area contributed by atoms with E-state index in [1.807, 2.05) is 12.1 Å². The molecule has 7 heteroatoms. The van der Waals surface area contributed by atoms with Gasteiger partial charge in [0.05, 0.1) is 36.6 Å². The van der Waals surface area contributed by atoms with Crippen LogP contribution in [0.2, 0.25) is 0 Å². The van der Waals surface area contributed by atoms with Crippen molar-refractivity contribution in [3.8, 4) is 34.0 Å². The molecule has 0 aliphatic heterocycles. The molecule has 5 rings (SSSR count). The van der Waals surface area contributed by atoms with Crippen molar-refractivity contribution in [2.45, 2.75) is 52.4 Å². The molecule has 41 heavy (non-hydrogen) atoms. The fraction of sp³-hybridized carbons (Fsp3) is 0.294. The Morgan fingerprint density at radius 2 is 0.902 bits per heavy atom. The molecule has 0 unspecified atom stereocenters. The molecule has 2 heterocycles. The maximum absolute atomic E-state index is 5.74. The van der Waals surface area contributed by atoms with Gasteiger partial charge >= 0.3 is 33.0 Å². The number of pyridine rings is 2. The summed E-state index contributed by atoms with van der Waals surface area (Å²) in [6, 6.07) is 25.3. The molecule has 3 aromatic carbocycles. The van der Waals surface area contributed by atoms with Crippen LogP contribution in [-0.2, 0) is 23.5 Å². The fourth-order valence-electron chi connectivity index (χ4n) is 4.82. The van der Waals surface area contributed by atoms with E-state index < -0.39 is 0 Å². The average Bonchev–Trinajstić information content (AvgIpc) is 2.95. The number of nitrogens with zero attached hydrogens (tertiary/aromatic N) is 2. The van der Waals surface area contributed by atoms with E-state index in [4.69, 9.17) is 39.8 Å². The van der Waals surface area contributed by atoms with Gasteiger partial charge in [-0.3, -0.25) is 0 Å². The molecular formula is C34H36Cl2N2NiO2. The minimum absolute atomic E-state index is 0.0155. The fourth-order valence-corrected chi connectivity index (χ4v) is 4.82. The molecule has 0 amide bonds. The molecule has 0 radical (unpaired) electrons. The van der Waals surface area contributed by atoms with Crippen molar-refractivity contribution in [3.63, 3.8) is 0 Å². The molecule has 218 valence electrons. The van der Waals surface area contributed by atoms with Gasteiger partial charge in [0, 0.05) is 21.9 Å². The zero-order chi connectivity index (χ0) is 29.9. The molecule has 0 bridgehead atoms. The minimum atomic E-state index is 0.0155. The van der Waals surface area contributed by atoms with Gasteiger partial charge in [0.25, 0.3) is 0 Å². The molecule has 0 fully saturated rings. The maximum atomic E-state index is 5.74. The third-order valence-electron chi connectivity index (χ3n) is 7.20. The monoisotopic (exact) mass is 632 g/mol. The van der Waals surface area contributed by atoms with Crippen LogP contribution in [0.25, 0.3) is 44.3 Å². The van der Waals surface area contributed by atoms with E-state index in [1.165, 1.54) is 11.1 Å². The van der Waals surface area contributed by atoms with E-state index in [1.54, 1.807) is 14.2 Å². The average molecular weight is 634 g/mol. The normalized spacial score (nSPS) is 11.9. The third kappa shape index (κ3) is 6.80. The Bertz CT molecular complexity index is 1570. The Balaban J connectivity index is 0.00000124. The van der Waals surface area contributed by atoms with Crippen LogP contribution in [0.15, 0.2) is 72.8 Å². The quantitative estimate of drug-likeness (QED) is 0.146.